The van der Waals surface area contributed by atoms with Crippen LogP contribution in [0.25, 0.3) is 0 Å². The molecule has 8 nitrogen and oxygen atoms in total. The number of carbonyl (C=O) groups is 2. The fourth-order valence-corrected chi connectivity index (χ4v) is 3.86. The van der Waals surface area contributed by atoms with E-state index in [-0.39, 0.29) is 11.3 Å². The Bertz CT molecular complexity index is 962. The molecule has 32 heavy (non-hydrogen) atoms. The highest BCUT2D eigenvalue weighted by atomic mass is 19.4. The van der Waals surface area contributed by atoms with Crippen LogP contribution in [0, 0.1) is 25.2 Å². The summed E-state index contributed by atoms with van der Waals surface area (Å²) in [7, 11) is 0. The molecule has 11 heteroatoms. The van der Waals surface area contributed by atoms with Crippen molar-refractivity contribution in [3.63, 3.8) is 0 Å². The van der Waals surface area contributed by atoms with Crippen LogP contribution in [0.1, 0.15) is 21.9 Å². The summed E-state index contributed by atoms with van der Waals surface area (Å²) >= 11 is 0. The molecule has 0 unspecified atom stereocenters. The van der Waals surface area contributed by atoms with Gasteiger partial charge in [0, 0.05) is 25.2 Å². The van der Waals surface area contributed by atoms with Crippen LogP contribution < -0.4 is 4.74 Å². The Morgan fingerprint density at radius 3 is 2.66 bits per heavy atom. The van der Waals surface area contributed by atoms with Crippen LogP contribution >= 0.6 is 0 Å². The van der Waals surface area contributed by atoms with Gasteiger partial charge in [-0.3, -0.25) is 9.78 Å². The third-order valence-electron chi connectivity index (χ3n) is 5.48. The number of likely N-dealkylation sites (tertiary alicyclic amines) is 1. The summed E-state index contributed by atoms with van der Waals surface area (Å²) in [4.78, 5) is 27.8. The molecule has 4 heterocycles. The summed E-state index contributed by atoms with van der Waals surface area (Å²) < 4.78 is 48.9. The second-order valence-electron chi connectivity index (χ2n) is 7.87. The van der Waals surface area contributed by atoms with E-state index in [1.165, 1.54) is 0 Å². The molecule has 0 saturated carbocycles. The van der Waals surface area contributed by atoms with E-state index in [1.54, 1.807) is 12.4 Å². The van der Waals surface area contributed by atoms with Gasteiger partial charge in [0.1, 0.15) is 17.3 Å². The topological polar surface area (TPSA) is 102 Å². The number of rotatable bonds is 4. The van der Waals surface area contributed by atoms with Crippen LogP contribution in [0.5, 0.6) is 5.75 Å². The molecule has 1 amide bonds. The number of alkyl halides is 3. The number of pyridine rings is 1. The lowest BCUT2D eigenvalue weighted by molar-refractivity contribution is -0.192. The van der Waals surface area contributed by atoms with E-state index in [0.717, 1.165) is 11.5 Å². The number of carboxylic acid groups (broad SMARTS) is 1. The van der Waals surface area contributed by atoms with Gasteiger partial charge in [-0.2, -0.15) is 13.2 Å². The number of aromatic nitrogens is 1. The average Bonchev–Trinajstić information content (AvgIpc) is 3.38. The predicted molar refractivity (Wildman–Crippen MR) is 104 cm³/mol. The van der Waals surface area contributed by atoms with E-state index in [0.29, 0.717) is 50.2 Å². The summed E-state index contributed by atoms with van der Waals surface area (Å²) in [5, 5.41) is 7.12. The van der Waals surface area contributed by atoms with E-state index >= 15 is 0 Å². The number of nitrogens with zero attached hydrogens (tertiary/aromatic N) is 2. The number of hydrogen-bond acceptors (Lipinski definition) is 6. The number of aryl methyl sites for hydroxylation is 2. The number of halogens is 3. The molecule has 0 radical (unpaired) electrons. The number of aliphatic carboxylic acids is 1. The Balaban J connectivity index is 0.000000360. The van der Waals surface area contributed by atoms with E-state index < -0.39 is 12.1 Å². The van der Waals surface area contributed by atoms with Crippen molar-refractivity contribution < 1.29 is 41.8 Å². The molecule has 0 aliphatic carbocycles. The summed E-state index contributed by atoms with van der Waals surface area (Å²) in [6.45, 7) is 6.84. The lowest BCUT2D eigenvalue weighted by atomic mass is 9.82. The van der Waals surface area contributed by atoms with Crippen LogP contribution in [0.3, 0.4) is 0 Å². The van der Waals surface area contributed by atoms with Gasteiger partial charge >= 0.3 is 12.1 Å². The first-order chi connectivity index (χ1) is 15.0. The quantitative estimate of drug-likeness (QED) is 0.754. The predicted octanol–water partition coefficient (Wildman–Crippen LogP) is 3.09. The second-order valence-corrected chi connectivity index (χ2v) is 7.87. The van der Waals surface area contributed by atoms with Crippen molar-refractivity contribution in [3.05, 3.63) is 47.7 Å². The molecule has 2 aliphatic heterocycles. The number of hydrogen-bond donors (Lipinski definition) is 1. The fraction of sp³-hybridized carbons (Fsp3) is 0.476. The highest BCUT2D eigenvalue weighted by Gasteiger charge is 2.52. The minimum Gasteiger partial charge on any atom is -0.491 e. The van der Waals surface area contributed by atoms with Crippen LogP contribution in [0.2, 0.25) is 0 Å². The van der Waals surface area contributed by atoms with Crippen molar-refractivity contribution in [1.29, 1.82) is 0 Å². The minimum atomic E-state index is -5.08. The van der Waals surface area contributed by atoms with Gasteiger partial charge < -0.3 is 23.9 Å². The zero-order valence-corrected chi connectivity index (χ0v) is 17.5. The largest absolute Gasteiger partial charge is 0.491 e. The van der Waals surface area contributed by atoms with Crippen molar-refractivity contribution in [2.24, 2.45) is 11.3 Å². The Morgan fingerprint density at radius 1 is 1.38 bits per heavy atom. The number of ether oxygens (including phenoxy) is 2. The maximum atomic E-state index is 12.9. The van der Waals surface area contributed by atoms with Gasteiger partial charge in [0.05, 0.1) is 37.0 Å². The first-order valence-electron chi connectivity index (χ1n) is 9.79. The van der Waals surface area contributed by atoms with Gasteiger partial charge in [-0.25, -0.2) is 4.79 Å². The minimum absolute atomic E-state index is 0.0319. The Labute approximate surface area is 181 Å². The van der Waals surface area contributed by atoms with Gasteiger partial charge in [-0.15, -0.1) is 0 Å². The van der Waals surface area contributed by atoms with Gasteiger partial charge in [0.2, 0.25) is 0 Å². The van der Waals surface area contributed by atoms with Crippen LogP contribution in [0.4, 0.5) is 13.2 Å². The third kappa shape index (κ3) is 5.21. The molecule has 1 N–H and O–H groups in total. The molecule has 0 bridgehead atoms. The zero-order chi connectivity index (χ0) is 23.5. The fourth-order valence-electron chi connectivity index (χ4n) is 3.86. The molecule has 2 fully saturated rings. The Kier molecular flexibility index (Phi) is 6.77. The molecule has 2 saturated heterocycles. The average molecular weight is 456 g/mol. The third-order valence-corrected chi connectivity index (χ3v) is 5.48. The molecule has 2 atom stereocenters. The molecule has 0 aromatic carbocycles. The van der Waals surface area contributed by atoms with Crippen molar-refractivity contribution in [3.8, 4) is 5.75 Å². The lowest BCUT2D eigenvalue weighted by Crippen LogP contribution is -2.38. The molecule has 4 rings (SSSR count). The zero-order valence-electron chi connectivity index (χ0n) is 17.5. The van der Waals surface area contributed by atoms with E-state index in [9.17, 15) is 18.0 Å². The summed E-state index contributed by atoms with van der Waals surface area (Å²) in [5.74, 6) is -0.248. The number of carboxylic acids is 1. The number of amides is 1. The van der Waals surface area contributed by atoms with Gasteiger partial charge in [0.15, 0.2) is 0 Å². The van der Waals surface area contributed by atoms with Crippen molar-refractivity contribution in [1.82, 2.24) is 9.88 Å². The Morgan fingerprint density at radius 2 is 2.09 bits per heavy atom. The van der Waals surface area contributed by atoms with Gasteiger partial charge in [-0.1, -0.05) is 0 Å². The van der Waals surface area contributed by atoms with E-state index in [1.807, 2.05) is 36.9 Å². The maximum Gasteiger partial charge on any atom is 0.490 e. The number of carbonyl (C=O) groups excluding carboxylic acids is 1. The summed E-state index contributed by atoms with van der Waals surface area (Å²) in [6.07, 6.45) is -1.66. The van der Waals surface area contributed by atoms with Crippen LogP contribution in [0.15, 0.2) is 35.0 Å². The molecule has 2 aliphatic rings. The SMILES string of the molecule is Cc1cc(C(=O)N2C[C@@H]3COC[C@]3(COc3cccnc3)C2)c(C)o1.O=C(O)C(F)(F)F. The molecule has 2 aromatic heterocycles. The summed E-state index contributed by atoms with van der Waals surface area (Å²) in [6, 6.07) is 5.56. The maximum absolute atomic E-state index is 12.9. The van der Waals surface area contributed by atoms with Gasteiger partial charge in [0.25, 0.3) is 5.91 Å². The van der Waals surface area contributed by atoms with Crippen LogP contribution in [-0.4, -0.2) is 66.0 Å². The lowest BCUT2D eigenvalue weighted by Gasteiger charge is -2.27. The summed E-state index contributed by atoms with van der Waals surface area (Å²) in [5.41, 5.74) is 0.500. The standard InChI is InChI=1S/C19H22N2O4.C2HF3O2/c1-13-6-17(14(2)25-13)18(22)21-8-15-9-23-11-19(15,10-21)12-24-16-4-3-5-20-7-16;3-2(4,5)1(6)7/h3-7,15H,8-12H2,1-2H3;(H,6,7)/t15-,19+;/m1./s1. The van der Waals surface area contributed by atoms with Crippen molar-refractivity contribution in [2.45, 2.75) is 20.0 Å². The van der Waals surface area contributed by atoms with Crippen molar-refractivity contribution >= 4 is 11.9 Å². The smallest absolute Gasteiger partial charge is 0.490 e. The molecule has 2 aromatic rings. The molecular formula is C21H23F3N2O6. The van der Waals surface area contributed by atoms with Crippen LogP contribution in [-0.2, 0) is 9.53 Å². The number of fused-ring (bicyclic) bond motifs is 1. The second kappa shape index (κ2) is 9.19. The first-order valence-corrected chi connectivity index (χ1v) is 9.79. The first kappa shape index (κ1) is 23.6. The normalized spacial score (nSPS) is 22.2. The number of furan rings is 1. The van der Waals surface area contributed by atoms with E-state index in [4.69, 9.17) is 23.8 Å². The monoisotopic (exact) mass is 456 g/mol. The molecule has 0 spiro atoms. The highest BCUT2D eigenvalue weighted by Crippen LogP contribution is 2.42. The molecular weight excluding hydrogens is 433 g/mol. The highest BCUT2D eigenvalue weighted by molar-refractivity contribution is 5.95. The van der Waals surface area contributed by atoms with E-state index in [2.05, 4.69) is 4.98 Å². The van der Waals surface area contributed by atoms with Gasteiger partial charge in [-0.05, 0) is 32.0 Å². The Hall–Kier alpha value is -3.08. The molecule has 174 valence electrons. The van der Waals surface area contributed by atoms with Crippen molar-refractivity contribution in [2.75, 3.05) is 32.9 Å².